The molecule has 3 N–H and O–H groups in total. The van der Waals surface area contributed by atoms with E-state index in [1.54, 1.807) is 0 Å². The summed E-state index contributed by atoms with van der Waals surface area (Å²) in [7, 11) is 0. The molecular formula is C19H26N2O. The van der Waals surface area contributed by atoms with E-state index in [9.17, 15) is 4.79 Å². The molecule has 3 aliphatic carbocycles. The van der Waals surface area contributed by atoms with E-state index in [1.807, 2.05) is 6.07 Å². The van der Waals surface area contributed by atoms with Gasteiger partial charge in [-0.1, -0.05) is 12.5 Å². The summed E-state index contributed by atoms with van der Waals surface area (Å²) in [6.07, 6.45) is 9.43. The van der Waals surface area contributed by atoms with Gasteiger partial charge in [-0.2, -0.15) is 0 Å². The Bertz CT molecular complexity index is 583. The molecule has 3 aliphatic rings. The summed E-state index contributed by atoms with van der Waals surface area (Å²) >= 11 is 0. The zero-order chi connectivity index (χ0) is 15.1. The smallest absolute Gasteiger partial charge is 0.220 e. The fourth-order valence-electron chi connectivity index (χ4n) is 5.10. The number of nitrogens with one attached hydrogen (secondary N) is 1. The summed E-state index contributed by atoms with van der Waals surface area (Å²) in [6, 6.07) is 6.32. The van der Waals surface area contributed by atoms with Crippen LogP contribution in [0.1, 0.15) is 62.1 Å². The minimum Gasteiger partial charge on any atom is -0.399 e. The third kappa shape index (κ3) is 2.62. The van der Waals surface area contributed by atoms with Crippen molar-refractivity contribution in [1.29, 1.82) is 0 Å². The molecule has 0 radical (unpaired) electrons. The molecule has 0 spiro atoms. The van der Waals surface area contributed by atoms with Crippen LogP contribution in [0.2, 0.25) is 0 Å². The van der Waals surface area contributed by atoms with E-state index in [0.29, 0.717) is 5.92 Å². The van der Waals surface area contributed by atoms with Gasteiger partial charge in [-0.25, -0.2) is 0 Å². The zero-order valence-corrected chi connectivity index (χ0v) is 13.2. The van der Waals surface area contributed by atoms with Crippen molar-refractivity contribution >= 4 is 11.6 Å². The summed E-state index contributed by atoms with van der Waals surface area (Å²) in [4.78, 5) is 12.5. The second-order valence-corrected chi connectivity index (χ2v) is 7.61. The first-order chi connectivity index (χ1) is 10.7. The van der Waals surface area contributed by atoms with Crippen LogP contribution < -0.4 is 11.1 Å². The summed E-state index contributed by atoms with van der Waals surface area (Å²) in [5.74, 6) is 2.65. The Hall–Kier alpha value is -1.51. The van der Waals surface area contributed by atoms with E-state index >= 15 is 0 Å². The lowest BCUT2D eigenvalue weighted by Gasteiger charge is -2.28. The van der Waals surface area contributed by atoms with Gasteiger partial charge in [0.25, 0.3) is 0 Å². The molecule has 0 aliphatic heterocycles. The molecule has 1 amide bonds. The largest absolute Gasteiger partial charge is 0.399 e. The number of carbonyl (C=O) groups excluding carboxylic acids is 1. The number of carbonyl (C=O) groups is 1. The molecule has 4 rings (SSSR count). The van der Waals surface area contributed by atoms with E-state index < -0.39 is 0 Å². The number of fused-ring (bicyclic) bond motifs is 3. The summed E-state index contributed by atoms with van der Waals surface area (Å²) in [5, 5.41) is 3.30. The van der Waals surface area contributed by atoms with Crippen LogP contribution in [0.15, 0.2) is 18.2 Å². The molecule has 0 heterocycles. The van der Waals surface area contributed by atoms with Crippen molar-refractivity contribution < 1.29 is 4.79 Å². The number of nitrogens with two attached hydrogens (primary N) is 1. The van der Waals surface area contributed by atoms with Gasteiger partial charge in [0, 0.05) is 12.1 Å². The second-order valence-electron chi connectivity index (χ2n) is 7.61. The summed E-state index contributed by atoms with van der Waals surface area (Å²) in [5.41, 5.74) is 9.31. The maximum Gasteiger partial charge on any atom is 0.220 e. The molecule has 2 fully saturated rings. The molecule has 22 heavy (non-hydrogen) atoms. The molecule has 2 bridgehead atoms. The molecule has 4 atom stereocenters. The van der Waals surface area contributed by atoms with Crippen LogP contribution in [0, 0.1) is 17.8 Å². The Morgan fingerprint density at radius 1 is 1.23 bits per heavy atom. The molecule has 3 heteroatoms. The van der Waals surface area contributed by atoms with Gasteiger partial charge < -0.3 is 11.1 Å². The second kappa shape index (κ2) is 5.60. The predicted molar refractivity (Wildman–Crippen MR) is 88.2 cm³/mol. The fraction of sp³-hybridized carbons (Fsp3) is 0.632. The molecule has 3 nitrogen and oxygen atoms in total. The van der Waals surface area contributed by atoms with Crippen molar-refractivity contribution in [3.05, 3.63) is 29.3 Å². The molecule has 118 valence electrons. The van der Waals surface area contributed by atoms with Crippen molar-refractivity contribution in [1.82, 2.24) is 5.32 Å². The molecule has 1 aromatic rings. The van der Waals surface area contributed by atoms with Gasteiger partial charge in [0.1, 0.15) is 0 Å². The van der Waals surface area contributed by atoms with Crippen LogP contribution in [0.5, 0.6) is 0 Å². The van der Waals surface area contributed by atoms with Crippen molar-refractivity contribution in [2.24, 2.45) is 17.8 Å². The van der Waals surface area contributed by atoms with Crippen LogP contribution in [-0.2, 0) is 11.2 Å². The lowest BCUT2D eigenvalue weighted by atomic mass is 9.85. The summed E-state index contributed by atoms with van der Waals surface area (Å²) < 4.78 is 0. The van der Waals surface area contributed by atoms with Gasteiger partial charge in [0.05, 0.1) is 6.04 Å². The van der Waals surface area contributed by atoms with Crippen molar-refractivity contribution in [2.45, 2.75) is 57.4 Å². The molecular weight excluding hydrogens is 272 g/mol. The Labute approximate surface area is 132 Å². The van der Waals surface area contributed by atoms with E-state index in [1.165, 1.54) is 36.8 Å². The standard InChI is InChI=1S/C19H26N2O/c20-16-6-7-17-14(10-16)2-1-3-18(17)21-19(22)11-15-9-12-4-5-13(15)8-12/h6-7,10,12-13,15,18H,1-5,8-9,11,20H2,(H,21,22). The lowest BCUT2D eigenvalue weighted by Crippen LogP contribution is -2.33. The highest BCUT2D eigenvalue weighted by Crippen LogP contribution is 2.49. The average molecular weight is 298 g/mol. The Morgan fingerprint density at radius 3 is 2.91 bits per heavy atom. The first-order valence-electron chi connectivity index (χ1n) is 8.86. The highest BCUT2D eigenvalue weighted by molar-refractivity contribution is 5.77. The Balaban J connectivity index is 1.40. The monoisotopic (exact) mass is 298 g/mol. The summed E-state index contributed by atoms with van der Waals surface area (Å²) in [6.45, 7) is 0. The number of hydrogen-bond acceptors (Lipinski definition) is 2. The van der Waals surface area contributed by atoms with Gasteiger partial charge >= 0.3 is 0 Å². The van der Waals surface area contributed by atoms with Gasteiger partial charge in [-0.3, -0.25) is 4.79 Å². The van der Waals surface area contributed by atoms with Crippen molar-refractivity contribution in [2.75, 3.05) is 5.73 Å². The quantitative estimate of drug-likeness (QED) is 0.838. The minimum absolute atomic E-state index is 0.190. The lowest BCUT2D eigenvalue weighted by molar-refractivity contribution is -0.123. The van der Waals surface area contributed by atoms with Crippen molar-refractivity contribution in [3.8, 4) is 0 Å². The highest BCUT2D eigenvalue weighted by Gasteiger charge is 2.40. The molecule has 1 aromatic carbocycles. The number of benzene rings is 1. The first kappa shape index (κ1) is 14.1. The average Bonchev–Trinajstić information content (AvgIpc) is 3.09. The van der Waals surface area contributed by atoms with E-state index in [0.717, 1.165) is 43.2 Å². The maximum atomic E-state index is 12.5. The zero-order valence-electron chi connectivity index (χ0n) is 13.2. The molecule has 2 saturated carbocycles. The highest BCUT2D eigenvalue weighted by atomic mass is 16.1. The van der Waals surface area contributed by atoms with Crippen LogP contribution in [0.25, 0.3) is 0 Å². The topological polar surface area (TPSA) is 55.1 Å². The Kier molecular flexibility index (Phi) is 3.59. The van der Waals surface area contributed by atoms with E-state index in [-0.39, 0.29) is 11.9 Å². The molecule has 0 aromatic heterocycles. The SMILES string of the molecule is Nc1ccc2c(c1)CCCC2NC(=O)CC1CC2CCC1C2. The van der Waals surface area contributed by atoms with Gasteiger partial charge in [-0.05, 0) is 79.5 Å². The number of anilines is 1. The maximum absolute atomic E-state index is 12.5. The number of amides is 1. The van der Waals surface area contributed by atoms with E-state index in [2.05, 4.69) is 17.4 Å². The number of nitrogen functional groups attached to an aromatic ring is 1. The van der Waals surface area contributed by atoms with Crippen LogP contribution in [-0.4, -0.2) is 5.91 Å². The number of aryl methyl sites for hydroxylation is 1. The van der Waals surface area contributed by atoms with Gasteiger partial charge in [-0.15, -0.1) is 0 Å². The Morgan fingerprint density at radius 2 is 2.14 bits per heavy atom. The number of rotatable bonds is 3. The van der Waals surface area contributed by atoms with Crippen LogP contribution >= 0.6 is 0 Å². The van der Waals surface area contributed by atoms with Gasteiger partial charge in [0.15, 0.2) is 0 Å². The molecule has 4 unspecified atom stereocenters. The van der Waals surface area contributed by atoms with Crippen LogP contribution in [0.4, 0.5) is 5.69 Å². The third-order valence-corrected chi connectivity index (χ3v) is 6.15. The first-order valence-corrected chi connectivity index (χ1v) is 8.86. The fourth-order valence-corrected chi connectivity index (χ4v) is 5.10. The predicted octanol–water partition coefficient (Wildman–Crippen LogP) is 3.59. The number of hydrogen-bond donors (Lipinski definition) is 2. The third-order valence-electron chi connectivity index (χ3n) is 6.15. The molecule has 0 saturated heterocycles. The normalized spacial score (nSPS) is 32.7. The van der Waals surface area contributed by atoms with Crippen LogP contribution in [0.3, 0.4) is 0 Å². The minimum atomic E-state index is 0.190. The van der Waals surface area contributed by atoms with Crippen molar-refractivity contribution in [3.63, 3.8) is 0 Å². The van der Waals surface area contributed by atoms with E-state index in [4.69, 9.17) is 5.73 Å². The van der Waals surface area contributed by atoms with Gasteiger partial charge in [0.2, 0.25) is 5.91 Å².